The van der Waals surface area contributed by atoms with E-state index in [0.717, 1.165) is 6.42 Å². The first-order valence-electron chi connectivity index (χ1n) is 9.30. The lowest BCUT2D eigenvalue weighted by molar-refractivity contribution is 0.607. The maximum atomic E-state index is 2.45. The summed E-state index contributed by atoms with van der Waals surface area (Å²) in [5.41, 5.74) is 4.63. The van der Waals surface area contributed by atoms with Crippen molar-refractivity contribution in [1.82, 2.24) is 0 Å². The highest BCUT2D eigenvalue weighted by molar-refractivity contribution is 5.34. The van der Waals surface area contributed by atoms with Gasteiger partial charge in [-0.2, -0.15) is 0 Å². The topological polar surface area (TPSA) is 0 Å². The zero-order valence-electron chi connectivity index (χ0n) is 15.5. The molecule has 0 saturated heterocycles. The van der Waals surface area contributed by atoms with Gasteiger partial charge in [0.05, 0.1) is 0 Å². The largest absolute Gasteiger partial charge is 0.0683 e. The van der Waals surface area contributed by atoms with Gasteiger partial charge in [-0.1, -0.05) is 91.8 Å². The van der Waals surface area contributed by atoms with Crippen LogP contribution in [0.5, 0.6) is 0 Å². The van der Waals surface area contributed by atoms with E-state index in [1.807, 2.05) is 13.8 Å². The summed E-state index contributed by atoms with van der Waals surface area (Å²) >= 11 is 0. The number of aryl methyl sites for hydroxylation is 2. The monoisotopic (exact) mass is 290 g/mol. The van der Waals surface area contributed by atoms with E-state index in [-0.39, 0.29) is 0 Å². The Morgan fingerprint density at radius 3 is 2.05 bits per heavy atom. The zero-order chi connectivity index (χ0) is 16.1. The van der Waals surface area contributed by atoms with Crippen molar-refractivity contribution in [2.24, 2.45) is 0 Å². The van der Waals surface area contributed by atoms with Gasteiger partial charge in [-0.15, -0.1) is 0 Å². The second-order valence-electron chi connectivity index (χ2n) is 6.06. The van der Waals surface area contributed by atoms with Gasteiger partial charge in [0.25, 0.3) is 0 Å². The van der Waals surface area contributed by atoms with Crippen molar-refractivity contribution in [1.29, 1.82) is 0 Å². The van der Waals surface area contributed by atoms with Crippen molar-refractivity contribution < 1.29 is 0 Å². The number of hydrogen-bond acceptors (Lipinski definition) is 0. The summed E-state index contributed by atoms with van der Waals surface area (Å²) < 4.78 is 0. The van der Waals surface area contributed by atoms with E-state index < -0.39 is 0 Å². The molecule has 0 unspecified atom stereocenters. The van der Waals surface area contributed by atoms with E-state index in [9.17, 15) is 0 Å². The highest BCUT2D eigenvalue weighted by Gasteiger charge is 2.06. The van der Waals surface area contributed by atoms with Crippen LogP contribution < -0.4 is 0 Å². The summed E-state index contributed by atoms with van der Waals surface area (Å²) in [6.07, 6.45) is 10.8. The fourth-order valence-electron chi connectivity index (χ4n) is 2.79. The predicted molar refractivity (Wildman–Crippen MR) is 98.3 cm³/mol. The molecule has 0 amide bonds. The molecule has 0 atom stereocenters. The summed E-state index contributed by atoms with van der Waals surface area (Å²) in [4.78, 5) is 0. The van der Waals surface area contributed by atoms with Gasteiger partial charge in [0, 0.05) is 0 Å². The lowest BCUT2D eigenvalue weighted by Gasteiger charge is -2.13. The van der Waals surface area contributed by atoms with Gasteiger partial charge in [0.15, 0.2) is 0 Å². The van der Waals surface area contributed by atoms with Crippen molar-refractivity contribution in [3.63, 3.8) is 0 Å². The van der Waals surface area contributed by atoms with Crippen LogP contribution in [0.4, 0.5) is 0 Å². The Labute approximate surface area is 134 Å². The molecule has 0 bridgehead atoms. The van der Waals surface area contributed by atoms with Crippen LogP contribution in [-0.4, -0.2) is 0 Å². The number of unbranched alkanes of at least 4 members (excludes halogenated alkanes) is 5. The van der Waals surface area contributed by atoms with Crippen LogP contribution in [0.2, 0.25) is 0 Å². The molecule has 0 aliphatic rings. The molecule has 0 N–H and O–H groups in total. The Balaban J connectivity index is 0.00000191. The summed E-state index contributed by atoms with van der Waals surface area (Å²) in [6, 6.07) is 7.15. The fourth-order valence-corrected chi connectivity index (χ4v) is 2.79. The molecule has 0 nitrogen and oxygen atoms in total. The average Bonchev–Trinajstić information content (AvgIpc) is 2.52. The van der Waals surface area contributed by atoms with Gasteiger partial charge >= 0.3 is 0 Å². The summed E-state index contributed by atoms with van der Waals surface area (Å²) in [5.74, 6) is 0.651. The van der Waals surface area contributed by atoms with Crippen molar-refractivity contribution >= 4 is 0 Å². The predicted octanol–water partition coefficient (Wildman–Crippen LogP) is 7.30. The molecule has 0 heterocycles. The van der Waals surface area contributed by atoms with E-state index in [4.69, 9.17) is 0 Å². The van der Waals surface area contributed by atoms with Crippen molar-refractivity contribution in [2.75, 3.05) is 0 Å². The van der Waals surface area contributed by atoms with Crippen LogP contribution >= 0.6 is 0 Å². The molecule has 0 fully saturated rings. The van der Waals surface area contributed by atoms with Gasteiger partial charge in [-0.25, -0.2) is 0 Å². The van der Waals surface area contributed by atoms with Gasteiger partial charge < -0.3 is 0 Å². The maximum absolute atomic E-state index is 2.45. The van der Waals surface area contributed by atoms with Gasteiger partial charge in [-0.3, -0.25) is 0 Å². The molecule has 0 aromatic heterocycles. The summed E-state index contributed by atoms with van der Waals surface area (Å²) in [6.45, 7) is 13.1. The van der Waals surface area contributed by atoms with Gasteiger partial charge in [-0.05, 0) is 41.9 Å². The van der Waals surface area contributed by atoms with Crippen LogP contribution in [-0.2, 0) is 12.8 Å². The third-order valence-electron chi connectivity index (χ3n) is 4.03. The first kappa shape index (κ1) is 20.2. The lowest BCUT2D eigenvalue weighted by atomic mass is 9.92. The van der Waals surface area contributed by atoms with E-state index in [1.165, 1.54) is 56.1 Å². The van der Waals surface area contributed by atoms with Gasteiger partial charge in [0.1, 0.15) is 0 Å². The minimum atomic E-state index is 0.651. The molecule has 0 aliphatic carbocycles. The second kappa shape index (κ2) is 12.9. The normalized spacial score (nSPS) is 10.4. The molecule has 0 heteroatoms. The molecule has 0 spiro atoms. The maximum Gasteiger partial charge on any atom is -0.0216 e. The van der Waals surface area contributed by atoms with Crippen LogP contribution in [0, 0.1) is 0 Å². The SMILES string of the molecule is CC.CCCCCCCCc1ccc(C(C)C)c(CC)c1. The smallest absolute Gasteiger partial charge is 0.0216 e. The van der Waals surface area contributed by atoms with Crippen LogP contribution in [0.25, 0.3) is 0 Å². The fraction of sp³-hybridized carbons (Fsp3) is 0.714. The third-order valence-corrected chi connectivity index (χ3v) is 4.03. The molecule has 0 saturated carbocycles. The molecule has 1 aromatic carbocycles. The molecule has 21 heavy (non-hydrogen) atoms. The Bertz CT molecular complexity index is 349. The Kier molecular flexibility index (Phi) is 12.4. The molecule has 0 radical (unpaired) electrons. The molecular weight excluding hydrogens is 252 g/mol. The van der Waals surface area contributed by atoms with Crippen molar-refractivity contribution in [3.8, 4) is 0 Å². The van der Waals surface area contributed by atoms with Crippen LogP contribution in [0.3, 0.4) is 0 Å². The Morgan fingerprint density at radius 1 is 0.857 bits per heavy atom. The quantitative estimate of drug-likeness (QED) is 0.418. The Morgan fingerprint density at radius 2 is 1.48 bits per heavy atom. The van der Waals surface area contributed by atoms with E-state index >= 15 is 0 Å². The standard InChI is InChI=1S/C19H32.C2H6/c1-5-7-8-9-10-11-12-17-13-14-19(16(3)4)18(6-2)15-17;1-2/h13-16H,5-12H2,1-4H3;1-2H3. The third kappa shape index (κ3) is 8.29. The molecule has 1 rings (SSSR count). The number of hydrogen-bond donors (Lipinski definition) is 0. The molecule has 0 aliphatic heterocycles. The number of benzene rings is 1. The average molecular weight is 291 g/mol. The first-order valence-corrected chi connectivity index (χ1v) is 9.30. The van der Waals surface area contributed by atoms with E-state index in [1.54, 1.807) is 5.56 Å². The van der Waals surface area contributed by atoms with E-state index in [2.05, 4.69) is 45.9 Å². The Hall–Kier alpha value is -0.780. The number of rotatable bonds is 9. The van der Waals surface area contributed by atoms with Gasteiger partial charge in [0.2, 0.25) is 0 Å². The second-order valence-corrected chi connectivity index (χ2v) is 6.06. The van der Waals surface area contributed by atoms with Crippen molar-refractivity contribution in [2.45, 2.75) is 98.8 Å². The van der Waals surface area contributed by atoms with Crippen molar-refractivity contribution in [3.05, 3.63) is 34.9 Å². The highest BCUT2D eigenvalue weighted by Crippen LogP contribution is 2.22. The minimum Gasteiger partial charge on any atom is -0.0683 e. The van der Waals surface area contributed by atoms with E-state index in [0.29, 0.717) is 5.92 Å². The molecule has 1 aromatic rings. The van der Waals surface area contributed by atoms with Crippen LogP contribution in [0.15, 0.2) is 18.2 Å². The zero-order valence-corrected chi connectivity index (χ0v) is 15.5. The van der Waals surface area contributed by atoms with Crippen LogP contribution in [0.1, 0.15) is 103 Å². The minimum absolute atomic E-state index is 0.651. The summed E-state index contributed by atoms with van der Waals surface area (Å²) in [7, 11) is 0. The molecule has 122 valence electrons. The lowest BCUT2D eigenvalue weighted by Crippen LogP contribution is -1.97. The summed E-state index contributed by atoms with van der Waals surface area (Å²) in [5, 5.41) is 0. The molecular formula is C21H38. The first-order chi connectivity index (χ1) is 10.2. The highest BCUT2D eigenvalue weighted by atomic mass is 14.1.